The van der Waals surface area contributed by atoms with Crippen LogP contribution in [0.25, 0.3) is 0 Å². The molecule has 7 nitrogen and oxygen atoms in total. The average Bonchev–Trinajstić information content (AvgIpc) is 2.51. The standard InChI is InChI=1S/C19H18N2O5/c1-9-6-13(23)16(18(25)20-9)15(11-4-3-5-12(22)8-11)17-14(24)7-10(2)21-19(17)26/h3-8,15,22H,1-2H3,(H2,20,23,25)(H2,21,24,26). The van der Waals surface area contributed by atoms with Gasteiger partial charge in [-0.1, -0.05) is 12.1 Å². The number of rotatable bonds is 3. The molecule has 0 spiro atoms. The molecule has 2 heterocycles. The lowest BCUT2D eigenvalue weighted by Gasteiger charge is -2.20. The fraction of sp³-hybridized carbons (Fsp3) is 0.158. The average molecular weight is 354 g/mol. The van der Waals surface area contributed by atoms with Gasteiger partial charge in [-0.05, 0) is 43.7 Å². The number of aromatic hydroxyl groups is 3. The Morgan fingerprint density at radius 2 is 1.31 bits per heavy atom. The number of phenols is 1. The zero-order valence-corrected chi connectivity index (χ0v) is 14.2. The van der Waals surface area contributed by atoms with Crippen LogP contribution in [-0.4, -0.2) is 25.3 Å². The van der Waals surface area contributed by atoms with E-state index in [1.54, 1.807) is 26.0 Å². The van der Waals surface area contributed by atoms with E-state index in [9.17, 15) is 24.9 Å². The third kappa shape index (κ3) is 3.06. The highest BCUT2D eigenvalue weighted by Crippen LogP contribution is 2.37. The SMILES string of the molecule is Cc1cc(O)c(C(c2cccc(O)c2)c2c(O)cc(C)[nH]c2=O)c(=O)[nH]1. The van der Waals surface area contributed by atoms with Gasteiger partial charge in [-0.15, -0.1) is 0 Å². The number of phenolic OH excluding ortho intramolecular Hbond substituents is 1. The van der Waals surface area contributed by atoms with E-state index in [4.69, 9.17) is 0 Å². The minimum Gasteiger partial charge on any atom is -0.508 e. The maximum atomic E-state index is 12.6. The molecule has 7 heteroatoms. The number of aromatic amines is 2. The molecule has 134 valence electrons. The van der Waals surface area contributed by atoms with Gasteiger partial charge in [0, 0.05) is 11.4 Å². The van der Waals surface area contributed by atoms with Gasteiger partial charge in [-0.3, -0.25) is 9.59 Å². The third-order valence-corrected chi connectivity index (χ3v) is 4.15. The lowest BCUT2D eigenvalue weighted by molar-refractivity contribution is 0.453. The van der Waals surface area contributed by atoms with Crippen LogP contribution in [0, 0.1) is 13.8 Å². The number of nitrogens with one attached hydrogen (secondary N) is 2. The Balaban J connectivity index is 2.40. The maximum Gasteiger partial charge on any atom is 0.256 e. The van der Waals surface area contributed by atoms with Crippen LogP contribution in [0.15, 0.2) is 46.0 Å². The van der Waals surface area contributed by atoms with Crippen LogP contribution in [-0.2, 0) is 0 Å². The molecule has 2 aromatic heterocycles. The maximum absolute atomic E-state index is 12.6. The van der Waals surface area contributed by atoms with Gasteiger partial charge in [0.25, 0.3) is 11.1 Å². The summed E-state index contributed by atoms with van der Waals surface area (Å²) in [7, 11) is 0. The molecule has 0 bridgehead atoms. The Hall–Kier alpha value is -3.48. The predicted octanol–water partition coefficient (Wildman–Crippen LogP) is 1.98. The first-order valence-electron chi connectivity index (χ1n) is 7.92. The molecule has 5 N–H and O–H groups in total. The largest absolute Gasteiger partial charge is 0.508 e. The van der Waals surface area contributed by atoms with Crippen LogP contribution in [0.4, 0.5) is 0 Å². The Kier molecular flexibility index (Phi) is 4.29. The molecule has 0 saturated heterocycles. The Morgan fingerprint density at radius 3 is 1.73 bits per heavy atom. The molecule has 0 radical (unpaired) electrons. The monoisotopic (exact) mass is 354 g/mol. The first kappa shape index (κ1) is 17.3. The normalized spacial score (nSPS) is 11.0. The highest BCUT2D eigenvalue weighted by Gasteiger charge is 2.29. The summed E-state index contributed by atoms with van der Waals surface area (Å²) in [5.74, 6) is -1.76. The molecule has 3 aromatic rings. The van der Waals surface area contributed by atoms with Crippen molar-refractivity contribution >= 4 is 0 Å². The molecule has 0 atom stereocenters. The number of hydrogen-bond donors (Lipinski definition) is 5. The second-order valence-electron chi connectivity index (χ2n) is 6.19. The van der Waals surface area contributed by atoms with Crippen molar-refractivity contribution in [3.8, 4) is 17.2 Å². The summed E-state index contributed by atoms with van der Waals surface area (Å²) in [5.41, 5.74) is -0.0812. The van der Waals surface area contributed by atoms with Crippen LogP contribution < -0.4 is 11.1 Å². The van der Waals surface area contributed by atoms with Gasteiger partial charge < -0.3 is 25.3 Å². The van der Waals surface area contributed by atoms with Crippen molar-refractivity contribution in [1.82, 2.24) is 9.97 Å². The predicted molar refractivity (Wildman–Crippen MR) is 96.0 cm³/mol. The first-order chi connectivity index (χ1) is 12.3. The van der Waals surface area contributed by atoms with Gasteiger partial charge in [-0.2, -0.15) is 0 Å². The molecule has 0 saturated carbocycles. The van der Waals surface area contributed by atoms with Gasteiger partial charge in [0.15, 0.2) is 0 Å². The quantitative estimate of drug-likeness (QED) is 0.491. The fourth-order valence-electron chi connectivity index (χ4n) is 3.10. The Morgan fingerprint density at radius 1 is 0.808 bits per heavy atom. The molecule has 0 aliphatic carbocycles. The van der Waals surface area contributed by atoms with Gasteiger partial charge in [0.1, 0.15) is 17.2 Å². The topological polar surface area (TPSA) is 126 Å². The van der Waals surface area contributed by atoms with E-state index >= 15 is 0 Å². The van der Waals surface area contributed by atoms with Crippen LogP contribution in [0.2, 0.25) is 0 Å². The van der Waals surface area contributed by atoms with Gasteiger partial charge >= 0.3 is 0 Å². The Bertz CT molecular complexity index is 1030. The van der Waals surface area contributed by atoms with Gasteiger partial charge in [-0.25, -0.2) is 0 Å². The van der Waals surface area contributed by atoms with Crippen LogP contribution >= 0.6 is 0 Å². The highest BCUT2D eigenvalue weighted by molar-refractivity contribution is 5.52. The molecule has 1 aromatic carbocycles. The van der Waals surface area contributed by atoms with E-state index in [0.29, 0.717) is 17.0 Å². The first-order valence-corrected chi connectivity index (χ1v) is 7.92. The highest BCUT2D eigenvalue weighted by atomic mass is 16.3. The summed E-state index contributed by atoms with van der Waals surface area (Å²) in [5, 5.41) is 30.6. The van der Waals surface area contributed by atoms with Crippen LogP contribution in [0.5, 0.6) is 17.2 Å². The van der Waals surface area contributed by atoms with Gasteiger partial charge in [0.05, 0.1) is 17.0 Å². The second kappa shape index (κ2) is 6.44. The zero-order chi connectivity index (χ0) is 19.0. The molecule has 0 unspecified atom stereocenters. The zero-order valence-electron chi connectivity index (χ0n) is 14.2. The van der Waals surface area contributed by atoms with Crippen molar-refractivity contribution < 1.29 is 15.3 Å². The van der Waals surface area contributed by atoms with Crippen LogP contribution in [0.1, 0.15) is 34.0 Å². The molecular weight excluding hydrogens is 336 g/mol. The third-order valence-electron chi connectivity index (χ3n) is 4.15. The van der Waals surface area contributed by atoms with Crippen molar-refractivity contribution in [3.63, 3.8) is 0 Å². The van der Waals surface area contributed by atoms with Gasteiger partial charge in [0.2, 0.25) is 0 Å². The number of pyridine rings is 2. The van der Waals surface area contributed by atoms with Crippen LogP contribution in [0.3, 0.4) is 0 Å². The second-order valence-corrected chi connectivity index (χ2v) is 6.19. The van der Waals surface area contributed by atoms with Crippen molar-refractivity contribution in [3.05, 3.63) is 85.2 Å². The summed E-state index contributed by atoms with van der Waals surface area (Å²) in [6, 6.07) is 8.71. The molecular formula is C19H18N2O5. The molecule has 0 aliphatic rings. The lowest BCUT2D eigenvalue weighted by atomic mass is 9.85. The van der Waals surface area contributed by atoms with Crippen molar-refractivity contribution in [1.29, 1.82) is 0 Å². The molecule has 3 rings (SSSR count). The lowest BCUT2D eigenvalue weighted by Crippen LogP contribution is -2.24. The Labute approximate surface area is 148 Å². The minimum atomic E-state index is -1.07. The number of aromatic nitrogens is 2. The smallest absolute Gasteiger partial charge is 0.256 e. The molecule has 0 amide bonds. The van der Waals surface area contributed by atoms with Crippen molar-refractivity contribution in [2.75, 3.05) is 0 Å². The van der Waals surface area contributed by atoms with E-state index < -0.39 is 17.0 Å². The molecule has 0 fully saturated rings. The summed E-state index contributed by atoms with van der Waals surface area (Å²) < 4.78 is 0. The summed E-state index contributed by atoms with van der Waals surface area (Å²) >= 11 is 0. The summed E-state index contributed by atoms with van der Waals surface area (Å²) in [4.78, 5) is 30.3. The van der Waals surface area contributed by atoms with E-state index in [0.717, 1.165) is 0 Å². The summed E-state index contributed by atoms with van der Waals surface area (Å²) in [6.07, 6.45) is 0. The number of benzene rings is 1. The molecule has 0 aliphatic heterocycles. The molecule has 26 heavy (non-hydrogen) atoms. The van der Waals surface area contributed by atoms with Crippen molar-refractivity contribution in [2.45, 2.75) is 19.8 Å². The van der Waals surface area contributed by atoms with E-state index in [2.05, 4.69) is 9.97 Å². The minimum absolute atomic E-state index is 0.0708. The van der Waals surface area contributed by atoms with E-state index in [-0.39, 0.29) is 28.4 Å². The van der Waals surface area contributed by atoms with Crippen molar-refractivity contribution in [2.24, 2.45) is 0 Å². The van der Waals surface area contributed by atoms with E-state index in [1.807, 2.05) is 0 Å². The fourth-order valence-corrected chi connectivity index (χ4v) is 3.10. The van der Waals surface area contributed by atoms with E-state index in [1.165, 1.54) is 24.3 Å². The summed E-state index contributed by atoms with van der Waals surface area (Å²) in [6.45, 7) is 3.23. The number of H-pyrrole nitrogens is 2. The number of aryl methyl sites for hydroxylation is 2. The number of hydrogen-bond acceptors (Lipinski definition) is 5.